The number of nitrogens with zero attached hydrogens (tertiary/aromatic N) is 1. The first-order valence-electron chi connectivity index (χ1n) is 7.03. The molecule has 4 nitrogen and oxygen atoms in total. The van der Waals surface area contributed by atoms with Crippen LogP contribution < -0.4 is 5.32 Å². The van der Waals surface area contributed by atoms with Gasteiger partial charge in [0.2, 0.25) is 10.0 Å². The highest BCUT2D eigenvalue weighted by molar-refractivity contribution is 7.89. The zero-order valence-corrected chi connectivity index (χ0v) is 13.5. The average Bonchev–Trinajstić information content (AvgIpc) is 2.36. The van der Waals surface area contributed by atoms with Crippen molar-refractivity contribution in [1.82, 2.24) is 4.31 Å². The number of fused-ring (bicyclic) bond motifs is 1. The predicted molar refractivity (Wildman–Crippen MR) is 82.5 cm³/mol. The molecule has 0 unspecified atom stereocenters. The molecular weight excluding hydrogens is 272 g/mol. The molecule has 1 aliphatic heterocycles. The topological polar surface area (TPSA) is 49.4 Å². The van der Waals surface area contributed by atoms with Gasteiger partial charge in [0.15, 0.2) is 0 Å². The summed E-state index contributed by atoms with van der Waals surface area (Å²) < 4.78 is 26.6. The van der Waals surface area contributed by atoms with Crippen molar-refractivity contribution in [3.8, 4) is 0 Å². The molecule has 0 amide bonds. The highest BCUT2D eigenvalue weighted by Gasteiger charge is 2.26. The maximum absolute atomic E-state index is 12.6. The predicted octanol–water partition coefficient (Wildman–Crippen LogP) is 2.71. The Morgan fingerprint density at radius 3 is 2.65 bits per heavy atom. The van der Waals surface area contributed by atoms with Crippen LogP contribution in [0.5, 0.6) is 0 Å². The molecule has 0 fully saturated rings. The lowest BCUT2D eigenvalue weighted by Crippen LogP contribution is -2.34. The van der Waals surface area contributed by atoms with Crippen LogP contribution in [0, 0.1) is 5.41 Å². The summed E-state index contributed by atoms with van der Waals surface area (Å²) in [5.74, 6) is 0. The first-order chi connectivity index (χ1) is 9.20. The minimum absolute atomic E-state index is 0.0612. The van der Waals surface area contributed by atoms with E-state index in [2.05, 4.69) is 5.32 Å². The summed E-state index contributed by atoms with van der Waals surface area (Å²) in [5, 5.41) is 3.28. The van der Waals surface area contributed by atoms with Crippen molar-refractivity contribution in [2.24, 2.45) is 5.41 Å². The Hall–Kier alpha value is -1.07. The minimum Gasteiger partial charge on any atom is -0.385 e. The van der Waals surface area contributed by atoms with E-state index in [1.807, 2.05) is 26.8 Å². The van der Waals surface area contributed by atoms with Crippen molar-refractivity contribution in [1.29, 1.82) is 0 Å². The number of hydrogen-bond donors (Lipinski definition) is 1. The fourth-order valence-corrected chi connectivity index (χ4v) is 3.96. The van der Waals surface area contributed by atoms with Crippen molar-refractivity contribution in [3.05, 3.63) is 23.8 Å². The molecule has 1 aromatic carbocycles. The molecule has 0 bridgehead atoms. The largest absolute Gasteiger partial charge is 0.385 e. The smallest absolute Gasteiger partial charge is 0.242 e. The zero-order chi connectivity index (χ0) is 15.0. The Bertz CT molecular complexity index is 588. The maximum Gasteiger partial charge on any atom is 0.242 e. The van der Waals surface area contributed by atoms with E-state index in [-0.39, 0.29) is 5.41 Å². The van der Waals surface area contributed by atoms with E-state index in [0.717, 1.165) is 25.1 Å². The van der Waals surface area contributed by atoms with Gasteiger partial charge >= 0.3 is 0 Å². The first-order valence-corrected chi connectivity index (χ1v) is 8.47. The van der Waals surface area contributed by atoms with E-state index >= 15 is 0 Å². The molecule has 0 aromatic heterocycles. The molecule has 0 spiro atoms. The van der Waals surface area contributed by atoms with Crippen LogP contribution in [-0.4, -0.2) is 32.9 Å². The van der Waals surface area contributed by atoms with Gasteiger partial charge in [-0.25, -0.2) is 12.7 Å². The van der Waals surface area contributed by atoms with E-state index in [4.69, 9.17) is 0 Å². The molecule has 0 saturated heterocycles. The summed E-state index contributed by atoms with van der Waals surface area (Å²) in [6.45, 7) is 7.52. The summed E-state index contributed by atoms with van der Waals surface area (Å²) in [6.07, 6.45) is 2.11. The molecule has 112 valence electrons. The molecule has 2 rings (SSSR count). The second-order valence-corrected chi connectivity index (χ2v) is 8.72. The van der Waals surface area contributed by atoms with E-state index in [1.54, 1.807) is 19.2 Å². The van der Waals surface area contributed by atoms with Crippen molar-refractivity contribution in [2.45, 2.75) is 38.5 Å². The van der Waals surface area contributed by atoms with Gasteiger partial charge in [0, 0.05) is 25.8 Å². The van der Waals surface area contributed by atoms with Crippen LogP contribution in [0.25, 0.3) is 0 Å². The Balaban J connectivity index is 2.30. The molecule has 0 saturated carbocycles. The fourth-order valence-electron chi connectivity index (χ4n) is 2.53. The molecule has 1 heterocycles. The number of nitrogens with one attached hydrogen (secondary N) is 1. The van der Waals surface area contributed by atoms with Crippen LogP contribution in [0.15, 0.2) is 23.1 Å². The number of aryl methyl sites for hydroxylation is 1. The molecule has 1 N–H and O–H groups in total. The normalized spacial score (nSPS) is 15.8. The van der Waals surface area contributed by atoms with Crippen LogP contribution in [0.2, 0.25) is 0 Å². The lowest BCUT2D eigenvalue weighted by molar-refractivity contribution is 0.311. The Morgan fingerprint density at radius 1 is 1.30 bits per heavy atom. The van der Waals surface area contributed by atoms with Crippen LogP contribution in [-0.2, 0) is 16.4 Å². The fraction of sp³-hybridized carbons (Fsp3) is 0.600. The zero-order valence-electron chi connectivity index (χ0n) is 12.7. The Morgan fingerprint density at radius 2 is 2.00 bits per heavy atom. The maximum atomic E-state index is 12.6. The molecule has 0 radical (unpaired) electrons. The van der Waals surface area contributed by atoms with Gasteiger partial charge in [0.25, 0.3) is 0 Å². The highest BCUT2D eigenvalue weighted by atomic mass is 32.2. The van der Waals surface area contributed by atoms with Gasteiger partial charge in [-0.2, -0.15) is 0 Å². The molecule has 1 aromatic rings. The third kappa shape index (κ3) is 3.33. The molecule has 1 aliphatic rings. The van der Waals surface area contributed by atoms with Crippen LogP contribution in [0.1, 0.15) is 32.8 Å². The van der Waals surface area contributed by atoms with Gasteiger partial charge in [-0.3, -0.25) is 0 Å². The second-order valence-electron chi connectivity index (χ2n) is 6.67. The van der Waals surface area contributed by atoms with Crippen LogP contribution >= 0.6 is 0 Å². The number of rotatable bonds is 3. The second kappa shape index (κ2) is 5.37. The number of benzene rings is 1. The van der Waals surface area contributed by atoms with Crippen molar-refractivity contribution in [2.75, 3.05) is 25.5 Å². The van der Waals surface area contributed by atoms with Crippen LogP contribution in [0.3, 0.4) is 0 Å². The van der Waals surface area contributed by atoms with Gasteiger partial charge in [0.05, 0.1) is 4.90 Å². The molecule has 20 heavy (non-hydrogen) atoms. The van der Waals surface area contributed by atoms with Gasteiger partial charge in [-0.05, 0) is 36.0 Å². The summed E-state index contributed by atoms with van der Waals surface area (Å²) in [6, 6.07) is 5.42. The monoisotopic (exact) mass is 296 g/mol. The highest BCUT2D eigenvalue weighted by Crippen LogP contribution is 2.27. The molecule has 0 aliphatic carbocycles. The molecule has 5 heteroatoms. The summed E-state index contributed by atoms with van der Waals surface area (Å²) >= 11 is 0. The lowest BCUT2D eigenvalue weighted by Gasteiger charge is -2.26. The van der Waals surface area contributed by atoms with E-state index in [9.17, 15) is 8.42 Å². The number of hydrogen-bond acceptors (Lipinski definition) is 3. The van der Waals surface area contributed by atoms with Crippen molar-refractivity contribution in [3.63, 3.8) is 0 Å². The van der Waals surface area contributed by atoms with Gasteiger partial charge in [0.1, 0.15) is 0 Å². The van der Waals surface area contributed by atoms with Crippen LogP contribution in [0.4, 0.5) is 5.69 Å². The summed E-state index contributed by atoms with van der Waals surface area (Å²) in [7, 11) is -1.77. The van der Waals surface area contributed by atoms with Gasteiger partial charge in [-0.15, -0.1) is 0 Å². The SMILES string of the molecule is CN(CC(C)(C)C)S(=O)(=O)c1ccc2c(c1)NCCC2. The van der Waals surface area contributed by atoms with E-state index in [0.29, 0.717) is 11.4 Å². The lowest BCUT2D eigenvalue weighted by atomic mass is 9.97. The minimum atomic E-state index is -3.41. The van der Waals surface area contributed by atoms with Gasteiger partial charge < -0.3 is 5.32 Å². The first kappa shape index (κ1) is 15.3. The molecule has 0 atom stereocenters. The molecular formula is C15H24N2O2S. The average molecular weight is 296 g/mol. The third-order valence-electron chi connectivity index (χ3n) is 3.42. The van der Waals surface area contributed by atoms with Crippen molar-refractivity contribution >= 4 is 15.7 Å². The summed E-state index contributed by atoms with van der Waals surface area (Å²) in [5.41, 5.74) is 2.10. The standard InChI is InChI=1S/C15H24N2O2S/c1-15(2,3)11-17(4)20(18,19)13-8-7-12-6-5-9-16-14(12)10-13/h7-8,10,16H,5-6,9,11H2,1-4H3. The number of anilines is 1. The van der Waals surface area contributed by atoms with E-state index < -0.39 is 10.0 Å². The quantitative estimate of drug-likeness (QED) is 0.933. The third-order valence-corrected chi connectivity index (χ3v) is 5.22. The van der Waals surface area contributed by atoms with E-state index in [1.165, 1.54) is 9.87 Å². The summed E-state index contributed by atoms with van der Waals surface area (Å²) in [4.78, 5) is 0.373. The Kier molecular flexibility index (Phi) is 4.12. The van der Waals surface area contributed by atoms with Crippen molar-refractivity contribution < 1.29 is 8.42 Å². The van der Waals surface area contributed by atoms with Gasteiger partial charge in [-0.1, -0.05) is 26.8 Å². The number of sulfonamides is 1. The Labute approximate surface area is 122 Å².